The minimum Gasteiger partial charge on any atom is -0.377 e. The quantitative estimate of drug-likeness (QED) is 0.762. The summed E-state index contributed by atoms with van der Waals surface area (Å²) in [5.41, 5.74) is 2.40. The maximum Gasteiger partial charge on any atom is 0.0717 e. The smallest absolute Gasteiger partial charge is 0.0717 e. The van der Waals surface area contributed by atoms with Gasteiger partial charge in [-0.2, -0.15) is 0 Å². The molecule has 1 heterocycles. The molecule has 0 unspecified atom stereocenters. The third-order valence-electron chi connectivity index (χ3n) is 2.09. The summed E-state index contributed by atoms with van der Waals surface area (Å²) in [5.74, 6) is 0. The minimum absolute atomic E-state index is 0.700. The number of aromatic nitrogens is 1. The van der Waals surface area contributed by atoms with E-state index in [1.165, 1.54) is 16.5 Å². The molecule has 0 aliphatic heterocycles. The average molecular weight is 175 g/mol. The summed E-state index contributed by atoms with van der Waals surface area (Å²) in [4.78, 5) is 3.18. The van der Waals surface area contributed by atoms with Crippen LogP contribution in [0.4, 0.5) is 0 Å². The maximum atomic E-state index is 5.33. The molecular formula is C11H13NO. The van der Waals surface area contributed by atoms with Gasteiger partial charge in [-0.1, -0.05) is 12.1 Å². The number of hydrogen-bond donors (Lipinski definition) is 1. The molecule has 0 radical (unpaired) electrons. The van der Waals surface area contributed by atoms with Crippen molar-refractivity contribution in [3.05, 3.63) is 36.0 Å². The van der Waals surface area contributed by atoms with Crippen molar-refractivity contribution in [2.75, 3.05) is 6.61 Å². The van der Waals surface area contributed by atoms with E-state index in [1.807, 2.05) is 13.1 Å². The Morgan fingerprint density at radius 2 is 2.23 bits per heavy atom. The molecule has 1 aromatic carbocycles. The number of fused-ring (bicyclic) bond motifs is 1. The second-order valence-electron chi connectivity index (χ2n) is 3.04. The number of benzene rings is 1. The summed E-state index contributed by atoms with van der Waals surface area (Å²) in [6.45, 7) is 3.47. The molecule has 0 aliphatic carbocycles. The zero-order valence-electron chi connectivity index (χ0n) is 7.71. The molecule has 2 nitrogen and oxygen atoms in total. The summed E-state index contributed by atoms with van der Waals surface area (Å²) in [6, 6.07) is 8.41. The van der Waals surface area contributed by atoms with Gasteiger partial charge in [0, 0.05) is 18.3 Å². The summed E-state index contributed by atoms with van der Waals surface area (Å²) >= 11 is 0. The first-order valence-electron chi connectivity index (χ1n) is 4.54. The van der Waals surface area contributed by atoms with Crippen LogP contribution in [-0.4, -0.2) is 11.6 Å². The third-order valence-corrected chi connectivity index (χ3v) is 2.09. The van der Waals surface area contributed by atoms with Crippen molar-refractivity contribution in [2.24, 2.45) is 0 Å². The highest BCUT2D eigenvalue weighted by Crippen LogP contribution is 2.14. The molecule has 68 valence electrons. The number of rotatable bonds is 3. The van der Waals surface area contributed by atoms with Crippen LogP contribution in [0.5, 0.6) is 0 Å². The second kappa shape index (κ2) is 3.62. The van der Waals surface area contributed by atoms with Crippen molar-refractivity contribution in [3.63, 3.8) is 0 Å². The number of H-pyrrole nitrogens is 1. The Hall–Kier alpha value is -1.28. The molecule has 2 rings (SSSR count). The minimum atomic E-state index is 0.700. The van der Waals surface area contributed by atoms with Gasteiger partial charge in [-0.3, -0.25) is 0 Å². The van der Waals surface area contributed by atoms with Crippen molar-refractivity contribution < 1.29 is 4.74 Å². The van der Waals surface area contributed by atoms with Gasteiger partial charge in [0.2, 0.25) is 0 Å². The van der Waals surface area contributed by atoms with Crippen LogP contribution in [0.2, 0.25) is 0 Å². The van der Waals surface area contributed by atoms with Crippen LogP contribution >= 0.6 is 0 Å². The lowest BCUT2D eigenvalue weighted by Crippen LogP contribution is -1.90. The Bertz CT molecular complexity index is 392. The van der Waals surface area contributed by atoms with Crippen molar-refractivity contribution in [1.82, 2.24) is 4.98 Å². The second-order valence-corrected chi connectivity index (χ2v) is 3.04. The van der Waals surface area contributed by atoms with Crippen LogP contribution in [0.3, 0.4) is 0 Å². The molecule has 0 amide bonds. The maximum absolute atomic E-state index is 5.33. The molecular weight excluding hydrogens is 162 g/mol. The standard InChI is InChI=1S/C11H13NO/c1-2-13-8-9-3-4-10-5-6-12-11(10)7-9/h3-7,12H,2,8H2,1H3. The molecule has 0 fully saturated rings. The van der Waals surface area contributed by atoms with E-state index in [-0.39, 0.29) is 0 Å². The zero-order chi connectivity index (χ0) is 9.10. The summed E-state index contributed by atoms with van der Waals surface area (Å²) in [6.07, 6.45) is 1.95. The highest BCUT2D eigenvalue weighted by atomic mass is 16.5. The molecule has 0 bridgehead atoms. The van der Waals surface area contributed by atoms with E-state index in [0.29, 0.717) is 6.61 Å². The fourth-order valence-electron chi connectivity index (χ4n) is 1.40. The third kappa shape index (κ3) is 1.73. The Morgan fingerprint density at radius 1 is 1.31 bits per heavy atom. The number of aromatic amines is 1. The first kappa shape index (κ1) is 8.32. The van der Waals surface area contributed by atoms with E-state index in [9.17, 15) is 0 Å². The van der Waals surface area contributed by atoms with E-state index in [0.717, 1.165) is 6.61 Å². The number of ether oxygens (including phenoxy) is 1. The molecule has 13 heavy (non-hydrogen) atoms. The van der Waals surface area contributed by atoms with Gasteiger partial charge in [-0.05, 0) is 30.0 Å². The topological polar surface area (TPSA) is 25.0 Å². The Kier molecular flexibility index (Phi) is 2.32. The lowest BCUT2D eigenvalue weighted by Gasteiger charge is -2.01. The molecule has 0 spiro atoms. The van der Waals surface area contributed by atoms with E-state index >= 15 is 0 Å². The highest BCUT2D eigenvalue weighted by Gasteiger charge is 1.96. The monoisotopic (exact) mass is 175 g/mol. The zero-order valence-corrected chi connectivity index (χ0v) is 7.71. The fraction of sp³-hybridized carbons (Fsp3) is 0.273. The van der Waals surface area contributed by atoms with Crippen molar-refractivity contribution in [2.45, 2.75) is 13.5 Å². The van der Waals surface area contributed by atoms with Gasteiger partial charge in [0.25, 0.3) is 0 Å². The van der Waals surface area contributed by atoms with Gasteiger partial charge in [-0.15, -0.1) is 0 Å². The van der Waals surface area contributed by atoms with Crippen LogP contribution in [-0.2, 0) is 11.3 Å². The van der Waals surface area contributed by atoms with E-state index in [2.05, 4.69) is 29.2 Å². The van der Waals surface area contributed by atoms with Crippen LogP contribution in [0.25, 0.3) is 10.9 Å². The van der Waals surface area contributed by atoms with Gasteiger partial charge in [0.05, 0.1) is 6.61 Å². The molecule has 2 aromatic rings. The predicted octanol–water partition coefficient (Wildman–Crippen LogP) is 2.70. The van der Waals surface area contributed by atoms with E-state index in [4.69, 9.17) is 4.74 Å². The highest BCUT2D eigenvalue weighted by molar-refractivity contribution is 5.79. The molecule has 1 aromatic heterocycles. The Morgan fingerprint density at radius 3 is 3.08 bits per heavy atom. The fourth-order valence-corrected chi connectivity index (χ4v) is 1.40. The van der Waals surface area contributed by atoms with Crippen molar-refractivity contribution in [3.8, 4) is 0 Å². The van der Waals surface area contributed by atoms with E-state index < -0.39 is 0 Å². The van der Waals surface area contributed by atoms with Crippen molar-refractivity contribution >= 4 is 10.9 Å². The van der Waals surface area contributed by atoms with Gasteiger partial charge < -0.3 is 9.72 Å². The van der Waals surface area contributed by atoms with Gasteiger partial charge in [0.15, 0.2) is 0 Å². The predicted molar refractivity (Wildman–Crippen MR) is 53.6 cm³/mol. The molecule has 0 aliphatic rings. The van der Waals surface area contributed by atoms with Crippen LogP contribution in [0.1, 0.15) is 12.5 Å². The first-order chi connectivity index (χ1) is 6.40. The van der Waals surface area contributed by atoms with Crippen LogP contribution in [0, 0.1) is 0 Å². The molecule has 0 saturated heterocycles. The Balaban J connectivity index is 2.26. The molecule has 2 heteroatoms. The Labute approximate surface area is 77.5 Å². The normalized spacial score (nSPS) is 10.8. The SMILES string of the molecule is CCOCc1ccc2cc[nH]c2c1. The van der Waals surface area contributed by atoms with Crippen molar-refractivity contribution in [1.29, 1.82) is 0 Å². The lowest BCUT2D eigenvalue weighted by molar-refractivity contribution is 0.134. The van der Waals surface area contributed by atoms with E-state index in [1.54, 1.807) is 0 Å². The summed E-state index contributed by atoms with van der Waals surface area (Å²) < 4.78 is 5.33. The van der Waals surface area contributed by atoms with Gasteiger partial charge in [-0.25, -0.2) is 0 Å². The average Bonchev–Trinajstić information content (AvgIpc) is 2.61. The van der Waals surface area contributed by atoms with Crippen LogP contribution in [0.15, 0.2) is 30.5 Å². The number of hydrogen-bond acceptors (Lipinski definition) is 1. The molecule has 0 saturated carbocycles. The van der Waals surface area contributed by atoms with Gasteiger partial charge in [0.1, 0.15) is 0 Å². The largest absolute Gasteiger partial charge is 0.377 e. The number of nitrogens with one attached hydrogen (secondary N) is 1. The molecule has 1 N–H and O–H groups in total. The first-order valence-corrected chi connectivity index (χ1v) is 4.54. The summed E-state index contributed by atoms with van der Waals surface area (Å²) in [5, 5.41) is 1.25. The molecule has 0 atom stereocenters. The lowest BCUT2D eigenvalue weighted by atomic mass is 10.2. The summed E-state index contributed by atoms with van der Waals surface area (Å²) in [7, 11) is 0. The van der Waals surface area contributed by atoms with Crippen LogP contribution < -0.4 is 0 Å². The van der Waals surface area contributed by atoms with Gasteiger partial charge >= 0.3 is 0 Å².